The van der Waals surface area contributed by atoms with Crippen LogP contribution in [0.4, 0.5) is 0 Å². The van der Waals surface area contributed by atoms with E-state index in [1.54, 1.807) is 6.26 Å². The quantitative estimate of drug-likeness (QED) is 0.884. The zero-order valence-electron chi connectivity index (χ0n) is 11.7. The normalized spacial score (nSPS) is 14.7. The molecule has 2 aromatic rings. The van der Waals surface area contributed by atoms with E-state index in [9.17, 15) is 4.21 Å². The first-order valence-electron chi connectivity index (χ1n) is 6.65. The standard InChI is InChI=1S/C15H21NO2S/c1-4-14-13(10-16-9-11(2)19(3)17)12-7-5-6-8-15(12)18-14/h5-8,11,16H,4,9-10H2,1-3H3. The monoisotopic (exact) mass is 279 g/mol. The average Bonchev–Trinajstić information content (AvgIpc) is 2.76. The van der Waals surface area contributed by atoms with Crippen molar-refractivity contribution in [2.75, 3.05) is 12.8 Å². The second-order valence-electron chi connectivity index (χ2n) is 4.79. The molecule has 19 heavy (non-hydrogen) atoms. The highest BCUT2D eigenvalue weighted by molar-refractivity contribution is 7.84. The summed E-state index contributed by atoms with van der Waals surface area (Å²) in [4.78, 5) is 0. The van der Waals surface area contributed by atoms with E-state index in [-0.39, 0.29) is 5.25 Å². The van der Waals surface area contributed by atoms with Gasteiger partial charge in [-0.25, -0.2) is 0 Å². The minimum Gasteiger partial charge on any atom is -0.461 e. The summed E-state index contributed by atoms with van der Waals surface area (Å²) in [6.45, 7) is 5.62. The maximum absolute atomic E-state index is 11.3. The smallest absolute Gasteiger partial charge is 0.134 e. The number of benzene rings is 1. The molecule has 0 spiro atoms. The average molecular weight is 279 g/mol. The summed E-state index contributed by atoms with van der Waals surface area (Å²) in [5.74, 6) is 1.04. The Kier molecular flexibility index (Phi) is 4.77. The van der Waals surface area contributed by atoms with E-state index in [4.69, 9.17) is 4.42 Å². The molecule has 0 radical (unpaired) electrons. The molecule has 2 rings (SSSR count). The van der Waals surface area contributed by atoms with Crippen LogP contribution >= 0.6 is 0 Å². The van der Waals surface area contributed by atoms with Crippen LogP contribution in [0.1, 0.15) is 25.2 Å². The summed E-state index contributed by atoms with van der Waals surface area (Å²) < 4.78 is 17.2. The van der Waals surface area contributed by atoms with Crippen LogP contribution in [-0.2, 0) is 23.8 Å². The molecule has 2 atom stereocenters. The molecule has 1 heterocycles. The van der Waals surface area contributed by atoms with E-state index < -0.39 is 10.8 Å². The third-order valence-corrected chi connectivity index (χ3v) is 4.70. The molecule has 0 amide bonds. The lowest BCUT2D eigenvalue weighted by atomic mass is 10.1. The summed E-state index contributed by atoms with van der Waals surface area (Å²) in [6, 6.07) is 8.12. The largest absolute Gasteiger partial charge is 0.461 e. The number of rotatable bonds is 6. The summed E-state index contributed by atoms with van der Waals surface area (Å²) >= 11 is 0. The molecule has 0 bridgehead atoms. The molecule has 0 saturated heterocycles. The van der Waals surface area contributed by atoms with Gasteiger partial charge in [0.25, 0.3) is 0 Å². The molecule has 2 unspecified atom stereocenters. The van der Waals surface area contributed by atoms with Gasteiger partial charge < -0.3 is 9.73 Å². The Hall–Kier alpha value is -1.13. The van der Waals surface area contributed by atoms with Crippen molar-refractivity contribution in [3.63, 3.8) is 0 Å². The zero-order valence-corrected chi connectivity index (χ0v) is 12.5. The van der Waals surface area contributed by atoms with Gasteiger partial charge in [0.2, 0.25) is 0 Å². The topological polar surface area (TPSA) is 42.2 Å². The zero-order chi connectivity index (χ0) is 13.8. The number of hydrogen-bond donors (Lipinski definition) is 1. The van der Waals surface area contributed by atoms with E-state index in [0.717, 1.165) is 30.9 Å². The van der Waals surface area contributed by atoms with Crippen LogP contribution in [0, 0.1) is 0 Å². The Bertz CT molecular complexity index is 577. The molecule has 0 saturated carbocycles. The van der Waals surface area contributed by atoms with Crippen molar-refractivity contribution < 1.29 is 8.63 Å². The molecule has 1 aromatic heterocycles. The molecular weight excluding hydrogens is 258 g/mol. The van der Waals surface area contributed by atoms with Gasteiger partial charge in [0.15, 0.2) is 0 Å². The van der Waals surface area contributed by atoms with Crippen molar-refractivity contribution in [1.29, 1.82) is 0 Å². The van der Waals surface area contributed by atoms with Gasteiger partial charge in [0.1, 0.15) is 11.3 Å². The summed E-state index contributed by atoms with van der Waals surface area (Å²) in [7, 11) is -0.779. The first-order valence-corrected chi connectivity index (χ1v) is 8.27. The Morgan fingerprint density at radius 2 is 2.11 bits per heavy atom. The highest BCUT2D eigenvalue weighted by Crippen LogP contribution is 2.26. The summed E-state index contributed by atoms with van der Waals surface area (Å²) in [5.41, 5.74) is 2.18. The van der Waals surface area contributed by atoms with E-state index in [2.05, 4.69) is 18.3 Å². The number of nitrogens with one attached hydrogen (secondary N) is 1. The molecular formula is C15H21NO2S. The van der Waals surface area contributed by atoms with Crippen molar-refractivity contribution in [2.45, 2.75) is 32.1 Å². The molecule has 0 fully saturated rings. The Labute approximate surface area is 116 Å². The van der Waals surface area contributed by atoms with E-state index in [0.29, 0.717) is 0 Å². The number of aryl methyl sites for hydroxylation is 1. The highest BCUT2D eigenvalue weighted by atomic mass is 32.2. The van der Waals surface area contributed by atoms with Gasteiger partial charge in [-0.05, 0) is 13.0 Å². The summed E-state index contributed by atoms with van der Waals surface area (Å²) in [5, 5.41) is 4.73. The maximum atomic E-state index is 11.3. The van der Waals surface area contributed by atoms with Gasteiger partial charge in [0, 0.05) is 52.8 Å². The van der Waals surface area contributed by atoms with Crippen LogP contribution in [0.3, 0.4) is 0 Å². The van der Waals surface area contributed by atoms with E-state index >= 15 is 0 Å². The second kappa shape index (κ2) is 6.35. The lowest BCUT2D eigenvalue weighted by Crippen LogP contribution is -2.27. The molecule has 1 N–H and O–H groups in total. The first-order chi connectivity index (χ1) is 9.13. The van der Waals surface area contributed by atoms with Crippen molar-refractivity contribution >= 4 is 21.8 Å². The lowest BCUT2D eigenvalue weighted by molar-refractivity contribution is 0.544. The van der Waals surface area contributed by atoms with Crippen LogP contribution < -0.4 is 5.32 Å². The van der Waals surface area contributed by atoms with Crippen LogP contribution in [0.2, 0.25) is 0 Å². The minimum absolute atomic E-state index is 0.170. The van der Waals surface area contributed by atoms with Crippen molar-refractivity contribution in [3.05, 3.63) is 35.6 Å². The van der Waals surface area contributed by atoms with Gasteiger partial charge in [0.05, 0.1) is 0 Å². The Balaban J connectivity index is 2.13. The van der Waals surface area contributed by atoms with Gasteiger partial charge in [-0.1, -0.05) is 25.1 Å². The third-order valence-electron chi connectivity index (χ3n) is 3.40. The number of para-hydroxylation sites is 1. The predicted molar refractivity (Wildman–Crippen MR) is 80.8 cm³/mol. The van der Waals surface area contributed by atoms with Crippen LogP contribution in [0.5, 0.6) is 0 Å². The Morgan fingerprint density at radius 1 is 1.37 bits per heavy atom. The molecule has 0 aliphatic rings. The number of furan rings is 1. The van der Waals surface area contributed by atoms with Crippen molar-refractivity contribution in [1.82, 2.24) is 5.32 Å². The van der Waals surface area contributed by atoms with Crippen molar-refractivity contribution in [2.24, 2.45) is 0 Å². The van der Waals surface area contributed by atoms with E-state index in [1.807, 2.05) is 25.1 Å². The van der Waals surface area contributed by atoms with Crippen LogP contribution in [0.25, 0.3) is 11.0 Å². The van der Waals surface area contributed by atoms with Crippen LogP contribution in [-0.4, -0.2) is 22.3 Å². The van der Waals surface area contributed by atoms with Gasteiger partial charge in [-0.3, -0.25) is 4.21 Å². The van der Waals surface area contributed by atoms with E-state index in [1.165, 1.54) is 10.9 Å². The number of hydrogen-bond acceptors (Lipinski definition) is 3. The fourth-order valence-electron chi connectivity index (χ4n) is 2.15. The SMILES string of the molecule is CCc1oc2ccccc2c1CNCC(C)S(C)=O. The molecule has 3 nitrogen and oxygen atoms in total. The predicted octanol–water partition coefficient (Wildman–Crippen LogP) is 2.85. The molecule has 1 aromatic carbocycles. The van der Waals surface area contributed by atoms with Crippen molar-refractivity contribution in [3.8, 4) is 0 Å². The maximum Gasteiger partial charge on any atom is 0.134 e. The fraction of sp³-hybridized carbons (Fsp3) is 0.467. The highest BCUT2D eigenvalue weighted by Gasteiger charge is 2.12. The fourth-order valence-corrected chi connectivity index (χ4v) is 2.50. The lowest BCUT2D eigenvalue weighted by Gasteiger charge is -2.09. The molecule has 0 aliphatic heterocycles. The van der Waals surface area contributed by atoms with Gasteiger partial charge in [-0.2, -0.15) is 0 Å². The Morgan fingerprint density at radius 3 is 2.79 bits per heavy atom. The summed E-state index contributed by atoms with van der Waals surface area (Å²) in [6.07, 6.45) is 2.64. The molecule has 0 aliphatic carbocycles. The number of fused-ring (bicyclic) bond motifs is 1. The van der Waals surface area contributed by atoms with Gasteiger partial charge >= 0.3 is 0 Å². The minimum atomic E-state index is -0.779. The molecule has 4 heteroatoms. The third kappa shape index (κ3) is 3.25. The first kappa shape index (κ1) is 14.3. The van der Waals surface area contributed by atoms with Crippen LogP contribution in [0.15, 0.2) is 28.7 Å². The second-order valence-corrected chi connectivity index (χ2v) is 6.60. The molecule has 104 valence electrons. The van der Waals surface area contributed by atoms with Gasteiger partial charge in [-0.15, -0.1) is 0 Å².